The van der Waals surface area contributed by atoms with Crippen LogP contribution in [0.3, 0.4) is 0 Å². The number of methoxy groups -OCH3 is 1. The molecule has 1 aliphatic heterocycles. The Hall–Kier alpha value is -1.85. The number of nitrogens with zero attached hydrogens (tertiary/aromatic N) is 2. The molecule has 0 spiro atoms. The van der Waals surface area contributed by atoms with Crippen molar-refractivity contribution >= 4 is 16.9 Å². The van der Waals surface area contributed by atoms with Gasteiger partial charge in [-0.3, -0.25) is 4.90 Å². The van der Waals surface area contributed by atoms with Gasteiger partial charge in [-0.25, -0.2) is 4.79 Å². The maximum Gasteiger partial charge on any atom is 0.340 e. The summed E-state index contributed by atoms with van der Waals surface area (Å²) < 4.78 is 12.7. The number of hydrogen-bond acceptors (Lipinski definition) is 4. The molecule has 24 heavy (non-hydrogen) atoms. The van der Waals surface area contributed by atoms with E-state index in [2.05, 4.69) is 21.6 Å². The third-order valence-electron chi connectivity index (χ3n) is 4.76. The average Bonchev–Trinajstić information content (AvgIpc) is 3.02. The number of aromatic nitrogens is 1. The van der Waals surface area contributed by atoms with Crippen LogP contribution in [0.2, 0.25) is 0 Å². The van der Waals surface area contributed by atoms with Gasteiger partial charge in [-0.1, -0.05) is 0 Å². The Bertz CT molecular complexity index is 777. The molecule has 0 atom stereocenters. The highest BCUT2D eigenvalue weighted by Gasteiger charge is 2.25. The van der Waals surface area contributed by atoms with Crippen LogP contribution in [-0.4, -0.2) is 41.8 Å². The van der Waals surface area contributed by atoms with Gasteiger partial charge in [0.2, 0.25) is 0 Å². The first-order valence-electron chi connectivity index (χ1n) is 8.45. The zero-order chi connectivity index (χ0) is 17.4. The first kappa shape index (κ1) is 17.0. The molecule has 5 heteroatoms. The highest BCUT2D eigenvalue weighted by atomic mass is 16.5. The normalized spacial score (nSPS) is 14.6. The first-order valence-corrected chi connectivity index (χ1v) is 8.45. The molecule has 0 fully saturated rings. The van der Waals surface area contributed by atoms with Crippen LogP contribution in [0.4, 0.5) is 0 Å². The number of aryl methyl sites for hydroxylation is 1. The van der Waals surface area contributed by atoms with Gasteiger partial charge in [-0.05, 0) is 44.0 Å². The van der Waals surface area contributed by atoms with Gasteiger partial charge >= 0.3 is 5.97 Å². The Labute approximate surface area is 143 Å². The van der Waals surface area contributed by atoms with E-state index >= 15 is 0 Å². The Morgan fingerprint density at radius 3 is 2.54 bits per heavy atom. The molecule has 2 aromatic rings. The Morgan fingerprint density at radius 1 is 1.25 bits per heavy atom. The van der Waals surface area contributed by atoms with Gasteiger partial charge in [0.05, 0.1) is 18.3 Å². The zero-order valence-electron chi connectivity index (χ0n) is 15.2. The summed E-state index contributed by atoms with van der Waals surface area (Å²) >= 11 is 0. The number of carbonyl (C=O) groups is 1. The number of esters is 1. The van der Waals surface area contributed by atoms with Crippen molar-refractivity contribution in [3.8, 4) is 0 Å². The minimum Gasteiger partial charge on any atom is -0.459 e. The average molecular weight is 330 g/mol. The van der Waals surface area contributed by atoms with Gasteiger partial charge in [0, 0.05) is 50.4 Å². The standard InChI is InChI=1S/C19H26N2O3/c1-12(2)24-19(22)18-13(3)20(4)17-9-15-11-21(6-7-23-5)10-14(15)8-16(17)18/h8-9,12H,6-7,10-11H2,1-5H3. The minimum atomic E-state index is -0.234. The minimum absolute atomic E-state index is 0.119. The quantitative estimate of drug-likeness (QED) is 0.791. The second kappa shape index (κ2) is 6.57. The van der Waals surface area contributed by atoms with E-state index in [1.165, 1.54) is 11.1 Å². The highest BCUT2D eigenvalue weighted by molar-refractivity contribution is 6.06. The topological polar surface area (TPSA) is 43.7 Å². The van der Waals surface area contributed by atoms with E-state index in [4.69, 9.17) is 9.47 Å². The lowest BCUT2D eigenvalue weighted by atomic mass is 10.0. The molecule has 1 aromatic heterocycles. The second-order valence-electron chi connectivity index (χ2n) is 6.82. The molecule has 2 heterocycles. The number of rotatable bonds is 5. The molecule has 0 bridgehead atoms. The summed E-state index contributed by atoms with van der Waals surface area (Å²) in [6, 6.07) is 4.39. The van der Waals surface area contributed by atoms with E-state index in [0.29, 0.717) is 5.56 Å². The molecule has 0 aliphatic carbocycles. The van der Waals surface area contributed by atoms with Crippen LogP contribution >= 0.6 is 0 Å². The molecule has 1 aliphatic rings. The molecule has 0 radical (unpaired) electrons. The summed E-state index contributed by atoms with van der Waals surface area (Å²) in [6.45, 7) is 9.23. The predicted octanol–water partition coefficient (Wildman–Crippen LogP) is 3.01. The van der Waals surface area contributed by atoms with Crippen molar-refractivity contribution in [3.05, 3.63) is 34.5 Å². The highest BCUT2D eigenvalue weighted by Crippen LogP contribution is 2.32. The number of ether oxygens (including phenoxy) is 2. The van der Waals surface area contributed by atoms with Crippen LogP contribution in [-0.2, 0) is 29.6 Å². The molecule has 0 amide bonds. The van der Waals surface area contributed by atoms with Gasteiger partial charge in [0.15, 0.2) is 0 Å². The monoisotopic (exact) mass is 330 g/mol. The van der Waals surface area contributed by atoms with E-state index in [-0.39, 0.29) is 12.1 Å². The maximum absolute atomic E-state index is 12.5. The first-order chi connectivity index (χ1) is 11.4. The van der Waals surface area contributed by atoms with Gasteiger partial charge in [0.1, 0.15) is 0 Å². The summed E-state index contributed by atoms with van der Waals surface area (Å²) in [6.07, 6.45) is -0.119. The number of carbonyl (C=O) groups excluding carboxylic acids is 1. The fourth-order valence-corrected chi connectivity index (χ4v) is 3.44. The van der Waals surface area contributed by atoms with E-state index in [1.54, 1.807) is 7.11 Å². The number of fused-ring (bicyclic) bond motifs is 2. The molecule has 0 unspecified atom stereocenters. The SMILES string of the molecule is COCCN1Cc2cc3c(C(=O)OC(C)C)c(C)n(C)c3cc2C1. The van der Waals surface area contributed by atoms with Crippen molar-refractivity contribution in [2.24, 2.45) is 7.05 Å². The summed E-state index contributed by atoms with van der Waals surface area (Å²) in [5.41, 5.74) is 5.37. The lowest BCUT2D eigenvalue weighted by Gasteiger charge is -2.13. The smallest absolute Gasteiger partial charge is 0.340 e. The zero-order valence-corrected chi connectivity index (χ0v) is 15.2. The van der Waals surface area contributed by atoms with Crippen molar-refractivity contribution in [2.45, 2.75) is 40.0 Å². The van der Waals surface area contributed by atoms with Crippen molar-refractivity contribution in [1.29, 1.82) is 0 Å². The summed E-state index contributed by atoms with van der Waals surface area (Å²) in [7, 11) is 3.74. The van der Waals surface area contributed by atoms with Crippen LogP contribution < -0.4 is 0 Å². The van der Waals surface area contributed by atoms with Crippen LogP contribution in [0.5, 0.6) is 0 Å². The van der Waals surface area contributed by atoms with Crippen molar-refractivity contribution in [2.75, 3.05) is 20.3 Å². The number of hydrogen-bond donors (Lipinski definition) is 0. The Kier molecular flexibility index (Phi) is 4.65. The molecular weight excluding hydrogens is 304 g/mol. The van der Waals surface area contributed by atoms with E-state index in [1.807, 2.05) is 27.8 Å². The Balaban J connectivity index is 2.01. The van der Waals surface area contributed by atoms with Crippen molar-refractivity contribution < 1.29 is 14.3 Å². The fraction of sp³-hybridized carbons (Fsp3) is 0.526. The van der Waals surface area contributed by atoms with E-state index in [9.17, 15) is 4.79 Å². The Morgan fingerprint density at radius 2 is 1.92 bits per heavy atom. The molecule has 3 rings (SSSR count). The largest absolute Gasteiger partial charge is 0.459 e. The summed E-state index contributed by atoms with van der Waals surface area (Å²) in [5.74, 6) is -0.234. The van der Waals surface area contributed by atoms with Gasteiger partial charge in [0.25, 0.3) is 0 Å². The van der Waals surface area contributed by atoms with Gasteiger partial charge < -0.3 is 14.0 Å². The van der Waals surface area contributed by atoms with Crippen molar-refractivity contribution in [3.63, 3.8) is 0 Å². The van der Waals surface area contributed by atoms with Crippen LogP contribution in [0.25, 0.3) is 10.9 Å². The third kappa shape index (κ3) is 2.94. The van der Waals surface area contributed by atoms with E-state index < -0.39 is 0 Å². The molecular formula is C19H26N2O3. The molecule has 5 nitrogen and oxygen atoms in total. The summed E-state index contributed by atoms with van der Waals surface area (Å²) in [5, 5.41) is 0.994. The second-order valence-corrected chi connectivity index (χ2v) is 6.82. The molecule has 1 aromatic carbocycles. The lowest BCUT2D eigenvalue weighted by Crippen LogP contribution is -2.21. The fourth-order valence-electron chi connectivity index (χ4n) is 3.44. The third-order valence-corrected chi connectivity index (χ3v) is 4.76. The number of benzene rings is 1. The maximum atomic E-state index is 12.5. The van der Waals surface area contributed by atoms with Gasteiger partial charge in [-0.15, -0.1) is 0 Å². The van der Waals surface area contributed by atoms with Gasteiger partial charge in [-0.2, -0.15) is 0 Å². The molecule has 130 valence electrons. The van der Waals surface area contributed by atoms with E-state index in [0.717, 1.165) is 42.8 Å². The predicted molar refractivity (Wildman–Crippen MR) is 94.2 cm³/mol. The van der Waals surface area contributed by atoms with Crippen LogP contribution in [0, 0.1) is 6.92 Å². The van der Waals surface area contributed by atoms with Crippen LogP contribution in [0.15, 0.2) is 12.1 Å². The van der Waals surface area contributed by atoms with Crippen LogP contribution in [0.1, 0.15) is 41.0 Å². The molecule has 0 saturated carbocycles. The molecule has 0 N–H and O–H groups in total. The molecule has 0 saturated heterocycles. The lowest BCUT2D eigenvalue weighted by molar-refractivity contribution is 0.0379. The summed E-state index contributed by atoms with van der Waals surface area (Å²) in [4.78, 5) is 14.9. The van der Waals surface area contributed by atoms with Crippen molar-refractivity contribution in [1.82, 2.24) is 9.47 Å².